The average Bonchev–Trinajstić information content (AvgIpc) is 2.60. The van der Waals surface area contributed by atoms with Crippen LogP contribution in [-0.2, 0) is 6.54 Å². The van der Waals surface area contributed by atoms with Crippen LogP contribution in [0.15, 0.2) is 54.6 Å². The Morgan fingerprint density at radius 3 is 2.35 bits per heavy atom. The van der Waals surface area contributed by atoms with Gasteiger partial charge in [0, 0.05) is 35.6 Å². The highest BCUT2D eigenvalue weighted by atomic mass is 35.5. The quantitative estimate of drug-likeness (QED) is 0.592. The third-order valence-corrected chi connectivity index (χ3v) is 4.53. The van der Waals surface area contributed by atoms with Gasteiger partial charge in [-0.1, -0.05) is 48.0 Å². The van der Waals surface area contributed by atoms with E-state index in [0.717, 1.165) is 41.4 Å². The summed E-state index contributed by atoms with van der Waals surface area (Å²) in [5, 5.41) is 1.89. The van der Waals surface area contributed by atoms with E-state index in [-0.39, 0.29) is 12.4 Å². The number of benzene rings is 2. The normalized spacial score (nSPS) is 11.2. The fourth-order valence-corrected chi connectivity index (χ4v) is 3.07. The molecule has 0 amide bonds. The Labute approximate surface area is 167 Å². The van der Waals surface area contributed by atoms with Gasteiger partial charge in [-0.2, -0.15) is 0 Å². The fourth-order valence-electron chi connectivity index (χ4n) is 2.90. The predicted octanol–water partition coefficient (Wildman–Crippen LogP) is 4.97. The van der Waals surface area contributed by atoms with Gasteiger partial charge in [0.25, 0.3) is 0 Å². The van der Waals surface area contributed by atoms with Crippen LogP contribution in [-0.4, -0.2) is 49.0 Å². The van der Waals surface area contributed by atoms with Crippen LogP contribution in [0.3, 0.4) is 0 Å². The lowest BCUT2D eigenvalue weighted by Gasteiger charge is -2.20. The SMILES string of the molecule is CN(C)CCN(C)Cc1cc(-c2ccccc2)nc2cc(Cl)ccc12.Cl. The van der Waals surface area contributed by atoms with E-state index in [9.17, 15) is 0 Å². The lowest BCUT2D eigenvalue weighted by atomic mass is 10.0. The highest BCUT2D eigenvalue weighted by Gasteiger charge is 2.10. The maximum absolute atomic E-state index is 6.20. The second-order valence-corrected chi connectivity index (χ2v) is 7.17. The van der Waals surface area contributed by atoms with Gasteiger partial charge in [-0.25, -0.2) is 4.98 Å². The van der Waals surface area contributed by atoms with Crippen molar-refractivity contribution in [2.24, 2.45) is 0 Å². The van der Waals surface area contributed by atoms with Gasteiger partial charge in [-0.15, -0.1) is 12.4 Å². The van der Waals surface area contributed by atoms with Crippen LogP contribution in [0.1, 0.15) is 5.56 Å². The van der Waals surface area contributed by atoms with Crippen LogP contribution in [0, 0.1) is 0 Å². The summed E-state index contributed by atoms with van der Waals surface area (Å²) in [4.78, 5) is 9.39. The van der Waals surface area contributed by atoms with Crippen molar-refractivity contribution in [1.29, 1.82) is 0 Å². The lowest BCUT2D eigenvalue weighted by molar-refractivity contribution is 0.277. The first-order chi connectivity index (χ1) is 12.0. The number of rotatable bonds is 6. The molecule has 0 aliphatic rings. The number of halogens is 2. The van der Waals surface area contributed by atoms with Gasteiger partial charge in [-0.3, -0.25) is 0 Å². The minimum Gasteiger partial charge on any atom is -0.308 e. The van der Waals surface area contributed by atoms with Crippen molar-refractivity contribution in [3.63, 3.8) is 0 Å². The van der Waals surface area contributed by atoms with Gasteiger partial charge in [-0.05, 0) is 44.9 Å². The molecule has 3 rings (SSSR count). The summed E-state index contributed by atoms with van der Waals surface area (Å²) >= 11 is 6.20. The van der Waals surface area contributed by atoms with E-state index in [0.29, 0.717) is 0 Å². The molecule has 0 bridgehead atoms. The maximum atomic E-state index is 6.20. The molecular formula is C21H25Cl2N3. The van der Waals surface area contributed by atoms with Crippen molar-refractivity contribution in [2.45, 2.75) is 6.54 Å². The molecule has 0 N–H and O–H groups in total. The Balaban J connectivity index is 0.00000243. The molecule has 1 heterocycles. The van der Waals surface area contributed by atoms with Crippen LogP contribution in [0.4, 0.5) is 0 Å². The Morgan fingerprint density at radius 2 is 1.65 bits per heavy atom. The molecule has 0 aliphatic heterocycles. The molecule has 0 unspecified atom stereocenters. The largest absolute Gasteiger partial charge is 0.308 e. The number of likely N-dealkylation sites (N-methyl/N-ethyl adjacent to an activating group) is 2. The van der Waals surface area contributed by atoms with E-state index in [1.165, 1.54) is 10.9 Å². The highest BCUT2D eigenvalue weighted by molar-refractivity contribution is 6.31. The third-order valence-electron chi connectivity index (χ3n) is 4.30. The summed E-state index contributed by atoms with van der Waals surface area (Å²) in [5.41, 5.74) is 4.35. The van der Waals surface area contributed by atoms with E-state index in [1.54, 1.807) is 0 Å². The number of fused-ring (bicyclic) bond motifs is 1. The van der Waals surface area contributed by atoms with Crippen molar-refractivity contribution in [3.05, 3.63) is 65.2 Å². The molecule has 0 atom stereocenters. The van der Waals surface area contributed by atoms with Crippen LogP contribution >= 0.6 is 24.0 Å². The van der Waals surface area contributed by atoms with E-state index in [4.69, 9.17) is 16.6 Å². The molecule has 0 saturated heterocycles. The van der Waals surface area contributed by atoms with Gasteiger partial charge < -0.3 is 9.80 Å². The van der Waals surface area contributed by atoms with Crippen molar-refractivity contribution in [1.82, 2.24) is 14.8 Å². The van der Waals surface area contributed by atoms with E-state index >= 15 is 0 Å². The molecule has 0 aliphatic carbocycles. The second-order valence-electron chi connectivity index (χ2n) is 6.74. The van der Waals surface area contributed by atoms with E-state index < -0.39 is 0 Å². The van der Waals surface area contributed by atoms with E-state index in [1.807, 2.05) is 30.3 Å². The Hall–Kier alpha value is -1.65. The van der Waals surface area contributed by atoms with Gasteiger partial charge in [0.1, 0.15) is 0 Å². The molecule has 1 aromatic heterocycles. The number of pyridine rings is 1. The van der Waals surface area contributed by atoms with Crippen molar-refractivity contribution in [2.75, 3.05) is 34.2 Å². The number of aromatic nitrogens is 1. The smallest absolute Gasteiger partial charge is 0.0727 e. The number of nitrogens with zero attached hydrogens (tertiary/aromatic N) is 3. The molecule has 138 valence electrons. The second kappa shape index (κ2) is 9.33. The maximum Gasteiger partial charge on any atom is 0.0727 e. The lowest BCUT2D eigenvalue weighted by Crippen LogP contribution is -2.28. The summed E-state index contributed by atoms with van der Waals surface area (Å²) < 4.78 is 0. The van der Waals surface area contributed by atoms with Crippen molar-refractivity contribution < 1.29 is 0 Å². The number of hydrogen-bond donors (Lipinski definition) is 0. The minimum absolute atomic E-state index is 0. The van der Waals surface area contributed by atoms with Crippen LogP contribution in [0.2, 0.25) is 5.02 Å². The topological polar surface area (TPSA) is 19.4 Å². The first-order valence-electron chi connectivity index (χ1n) is 8.51. The first kappa shape index (κ1) is 20.7. The zero-order chi connectivity index (χ0) is 17.8. The minimum atomic E-state index is 0. The molecule has 26 heavy (non-hydrogen) atoms. The Bertz CT molecular complexity index is 851. The van der Waals surface area contributed by atoms with Gasteiger partial charge in [0.2, 0.25) is 0 Å². The molecule has 0 fully saturated rings. The fraction of sp³-hybridized carbons (Fsp3) is 0.286. The average molecular weight is 390 g/mol. The van der Waals surface area contributed by atoms with Crippen LogP contribution in [0.5, 0.6) is 0 Å². The summed E-state index contributed by atoms with van der Waals surface area (Å²) in [6, 6.07) is 18.5. The molecule has 5 heteroatoms. The summed E-state index contributed by atoms with van der Waals surface area (Å²) in [7, 11) is 6.37. The molecule has 0 saturated carbocycles. The summed E-state index contributed by atoms with van der Waals surface area (Å²) in [6.45, 7) is 2.94. The van der Waals surface area contributed by atoms with Gasteiger partial charge in [0.05, 0.1) is 11.2 Å². The van der Waals surface area contributed by atoms with Gasteiger partial charge in [0.15, 0.2) is 0 Å². The van der Waals surface area contributed by atoms with Crippen molar-refractivity contribution >= 4 is 34.9 Å². The molecule has 3 nitrogen and oxygen atoms in total. The first-order valence-corrected chi connectivity index (χ1v) is 8.88. The van der Waals surface area contributed by atoms with Crippen LogP contribution in [0.25, 0.3) is 22.2 Å². The molecular weight excluding hydrogens is 365 g/mol. The third kappa shape index (κ3) is 5.18. The summed E-state index contributed by atoms with van der Waals surface area (Å²) in [6.07, 6.45) is 0. The van der Waals surface area contributed by atoms with Gasteiger partial charge >= 0.3 is 0 Å². The predicted molar refractivity (Wildman–Crippen MR) is 114 cm³/mol. The summed E-state index contributed by atoms with van der Waals surface area (Å²) in [5.74, 6) is 0. The van der Waals surface area contributed by atoms with Crippen LogP contribution < -0.4 is 0 Å². The zero-order valence-corrected chi connectivity index (χ0v) is 17.0. The Morgan fingerprint density at radius 1 is 0.923 bits per heavy atom. The molecule has 3 aromatic rings. The van der Waals surface area contributed by atoms with E-state index in [2.05, 4.69) is 55.2 Å². The highest BCUT2D eigenvalue weighted by Crippen LogP contribution is 2.27. The van der Waals surface area contributed by atoms with Crippen molar-refractivity contribution in [3.8, 4) is 11.3 Å². The number of hydrogen-bond acceptors (Lipinski definition) is 3. The monoisotopic (exact) mass is 389 g/mol. The standard InChI is InChI=1S/C21H24ClN3.ClH/c1-24(2)11-12-25(3)15-17-13-20(16-7-5-4-6-8-16)23-21-14-18(22)9-10-19(17)21;/h4-10,13-14H,11-12,15H2,1-3H3;1H. The molecule has 0 spiro atoms. The Kier molecular flexibility index (Phi) is 7.42. The molecule has 2 aromatic carbocycles. The zero-order valence-electron chi connectivity index (χ0n) is 15.4. The molecule has 0 radical (unpaired) electrons.